The number of carbonyl (C=O) groups is 4. The van der Waals surface area contributed by atoms with Crippen LogP contribution in [0.5, 0.6) is 0 Å². The van der Waals surface area contributed by atoms with Crippen molar-refractivity contribution in [2.24, 2.45) is 0 Å². The number of para-hydroxylation sites is 2. The molecule has 254 valence electrons. The summed E-state index contributed by atoms with van der Waals surface area (Å²) in [7, 11) is 0. The number of benzene rings is 4. The van der Waals surface area contributed by atoms with E-state index < -0.39 is 5.91 Å². The second-order valence-electron chi connectivity index (χ2n) is 10.5. The van der Waals surface area contributed by atoms with Gasteiger partial charge in [-0.3, -0.25) is 24.4 Å². The molecule has 0 aromatic heterocycles. The number of nitrogens with zero attached hydrogens (tertiary/aromatic N) is 2. The Hall–Kier alpha value is -5.16. The third kappa shape index (κ3) is 11.9. The molecule has 0 fully saturated rings. The molecule has 0 saturated heterocycles. The van der Waals surface area contributed by atoms with Crippen molar-refractivity contribution in [3.8, 4) is 0 Å². The molecule has 0 aliphatic carbocycles. The normalized spacial score (nSPS) is 10.1. The molecule has 0 aliphatic rings. The highest BCUT2D eigenvalue weighted by Crippen LogP contribution is 2.19. The van der Waals surface area contributed by atoms with Crippen molar-refractivity contribution in [2.45, 2.75) is 40.0 Å². The fraction of sp³-hybridized carbons (Fsp3) is 0.263. The quantitative estimate of drug-likeness (QED) is 0.107. The van der Waals surface area contributed by atoms with Crippen LogP contribution in [0.4, 0.5) is 11.4 Å². The lowest BCUT2D eigenvalue weighted by molar-refractivity contribution is -0.128. The van der Waals surface area contributed by atoms with Gasteiger partial charge in [-0.2, -0.15) is 0 Å². The van der Waals surface area contributed by atoms with Crippen LogP contribution in [0.1, 0.15) is 59.0 Å². The van der Waals surface area contributed by atoms with Crippen molar-refractivity contribution in [1.82, 2.24) is 5.48 Å². The second kappa shape index (κ2) is 20.9. The SMILES string of the molecule is C.CCC(=O)CCc1ccc(C(=O)N(CCO)c2ccccc2)cc1.O=C(Cc1ccc(C(=O)N(CCO)c2ccccc2)cc1)NO. The summed E-state index contributed by atoms with van der Waals surface area (Å²) in [6.45, 7) is 2.06. The minimum Gasteiger partial charge on any atom is -0.395 e. The van der Waals surface area contributed by atoms with Crippen LogP contribution < -0.4 is 15.3 Å². The lowest BCUT2D eigenvalue weighted by atomic mass is 10.0. The van der Waals surface area contributed by atoms with Crippen LogP contribution >= 0.6 is 0 Å². The van der Waals surface area contributed by atoms with Crippen molar-refractivity contribution < 1.29 is 34.6 Å². The monoisotopic (exact) mass is 655 g/mol. The van der Waals surface area contributed by atoms with E-state index in [0.717, 1.165) is 11.3 Å². The third-order valence-electron chi connectivity index (χ3n) is 7.25. The van der Waals surface area contributed by atoms with Crippen LogP contribution in [0.2, 0.25) is 0 Å². The topological polar surface area (TPSA) is 147 Å². The van der Waals surface area contributed by atoms with Gasteiger partial charge in [0, 0.05) is 48.4 Å². The fourth-order valence-electron chi connectivity index (χ4n) is 4.69. The van der Waals surface area contributed by atoms with Crippen molar-refractivity contribution >= 4 is 34.9 Å². The van der Waals surface area contributed by atoms with E-state index >= 15 is 0 Å². The summed E-state index contributed by atoms with van der Waals surface area (Å²) in [5.41, 5.74) is 5.77. The molecule has 10 nitrogen and oxygen atoms in total. The lowest BCUT2D eigenvalue weighted by Gasteiger charge is -2.22. The van der Waals surface area contributed by atoms with Crippen molar-refractivity contribution in [1.29, 1.82) is 0 Å². The first-order valence-electron chi connectivity index (χ1n) is 15.4. The molecule has 3 amide bonds. The first kappa shape index (κ1) is 39.0. The predicted octanol–water partition coefficient (Wildman–Crippen LogP) is 5.25. The van der Waals surface area contributed by atoms with Crippen LogP contribution in [0, 0.1) is 0 Å². The van der Waals surface area contributed by atoms with Crippen molar-refractivity contribution in [3.05, 3.63) is 131 Å². The van der Waals surface area contributed by atoms with Gasteiger partial charge in [0.25, 0.3) is 11.8 Å². The number of rotatable bonds is 14. The van der Waals surface area contributed by atoms with E-state index in [1.807, 2.05) is 67.6 Å². The van der Waals surface area contributed by atoms with Crippen LogP contribution in [-0.2, 0) is 22.4 Å². The van der Waals surface area contributed by atoms with Gasteiger partial charge in [-0.25, -0.2) is 5.48 Å². The van der Waals surface area contributed by atoms with Gasteiger partial charge in [-0.15, -0.1) is 0 Å². The summed E-state index contributed by atoms with van der Waals surface area (Å²) < 4.78 is 0. The van der Waals surface area contributed by atoms with E-state index in [9.17, 15) is 29.4 Å². The van der Waals surface area contributed by atoms with Crippen LogP contribution in [0.15, 0.2) is 109 Å². The largest absolute Gasteiger partial charge is 0.395 e. The van der Waals surface area contributed by atoms with E-state index in [-0.39, 0.29) is 57.7 Å². The Kier molecular flexibility index (Phi) is 17.0. The number of amides is 3. The zero-order valence-electron chi connectivity index (χ0n) is 26.4. The van der Waals surface area contributed by atoms with E-state index in [4.69, 9.17) is 5.21 Å². The smallest absolute Gasteiger partial charge is 0.258 e. The molecule has 4 N–H and O–H groups in total. The number of carbonyl (C=O) groups excluding carboxylic acids is 4. The molecule has 0 spiro atoms. The zero-order chi connectivity index (χ0) is 34.0. The van der Waals surface area contributed by atoms with Gasteiger partial charge in [-0.05, 0) is 66.1 Å². The van der Waals surface area contributed by atoms with E-state index in [1.165, 1.54) is 4.90 Å². The Morgan fingerprint density at radius 2 is 1.04 bits per heavy atom. The minimum atomic E-state index is -0.518. The summed E-state index contributed by atoms with van der Waals surface area (Å²) >= 11 is 0. The summed E-state index contributed by atoms with van der Waals surface area (Å²) in [5, 5.41) is 27.0. The molecule has 0 bridgehead atoms. The summed E-state index contributed by atoms with van der Waals surface area (Å²) in [6, 6.07) is 32.3. The molecule has 0 aliphatic heterocycles. The molecule has 48 heavy (non-hydrogen) atoms. The molecule has 4 aromatic rings. The number of aliphatic hydroxyl groups excluding tert-OH is 2. The number of hydroxylamine groups is 1. The number of aryl methyl sites for hydroxylation is 1. The molecular formula is C38H45N3O7. The van der Waals surface area contributed by atoms with Gasteiger partial charge >= 0.3 is 0 Å². The standard InChI is InChI=1S/C20H23NO3.C17H18N2O4.CH4/c1-2-19(23)13-10-16-8-11-17(12-9-16)20(24)21(14-15-22)18-6-4-3-5-7-18;20-11-10-19(15-4-2-1-3-5-15)17(22)14-8-6-13(7-9-14)12-16(21)18-23;/h3-9,11-12,22H,2,10,13-15H2,1H3;1-9,20,23H,10-12H2,(H,18,21);1H4. The van der Waals surface area contributed by atoms with Gasteiger partial charge in [0.1, 0.15) is 5.78 Å². The molecule has 0 atom stereocenters. The highest BCUT2D eigenvalue weighted by Gasteiger charge is 2.18. The van der Waals surface area contributed by atoms with Crippen molar-refractivity contribution in [3.63, 3.8) is 0 Å². The zero-order valence-corrected chi connectivity index (χ0v) is 26.4. The Labute approximate surface area is 282 Å². The molecule has 4 rings (SSSR count). The highest BCUT2D eigenvalue weighted by molar-refractivity contribution is 6.06. The molecule has 10 heteroatoms. The average molecular weight is 656 g/mol. The summed E-state index contributed by atoms with van der Waals surface area (Å²) in [6.07, 6.45) is 1.82. The van der Waals surface area contributed by atoms with Gasteiger partial charge in [0.05, 0.1) is 19.6 Å². The number of nitrogens with one attached hydrogen (secondary N) is 1. The minimum absolute atomic E-state index is 0. The van der Waals surface area contributed by atoms with Crippen LogP contribution in [0.3, 0.4) is 0 Å². The Morgan fingerprint density at radius 3 is 1.42 bits per heavy atom. The first-order valence-corrected chi connectivity index (χ1v) is 15.4. The number of anilines is 2. The number of Topliss-reactive ketones (excluding diaryl/α,β-unsaturated/α-hetero) is 1. The summed E-state index contributed by atoms with van der Waals surface area (Å²) in [5.74, 6) is -0.654. The molecule has 0 radical (unpaired) electrons. The van der Waals surface area contributed by atoms with Crippen LogP contribution in [-0.4, -0.2) is 65.2 Å². The van der Waals surface area contributed by atoms with E-state index in [2.05, 4.69) is 0 Å². The van der Waals surface area contributed by atoms with Crippen molar-refractivity contribution in [2.75, 3.05) is 36.1 Å². The first-order chi connectivity index (χ1) is 22.8. The number of ketones is 1. The Balaban J connectivity index is 0.000000327. The Bertz CT molecular complexity index is 1560. The maximum atomic E-state index is 12.7. The lowest BCUT2D eigenvalue weighted by Crippen LogP contribution is -2.33. The van der Waals surface area contributed by atoms with Gasteiger partial charge < -0.3 is 20.0 Å². The van der Waals surface area contributed by atoms with Gasteiger partial charge in [-0.1, -0.05) is 75.0 Å². The third-order valence-corrected chi connectivity index (χ3v) is 7.25. The van der Waals surface area contributed by atoms with Crippen LogP contribution in [0.25, 0.3) is 0 Å². The number of hydrogen-bond donors (Lipinski definition) is 4. The Morgan fingerprint density at radius 1 is 0.625 bits per heavy atom. The van der Waals surface area contributed by atoms with E-state index in [1.54, 1.807) is 58.9 Å². The van der Waals surface area contributed by atoms with Gasteiger partial charge in [0.15, 0.2) is 0 Å². The van der Waals surface area contributed by atoms with Gasteiger partial charge in [0.2, 0.25) is 5.91 Å². The second-order valence-corrected chi connectivity index (χ2v) is 10.5. The maximum absolute atomic E-state index is 12.7. The average Bonchev–Trinajstić information content (AvgIpc) is 3.12. The molecule has 4 aromatic carbocycles. The number of hydrogen-bond acceptors (Lipinski definition) is 7. The molecule has 0 heterocycles. The number of aliphatic hydroxyl groups is 2. The fourth-order valence-corrected chi connectivity index (χ4v) is 4.69. The molecular weight excluding hydrogens is 610 g/mol. The predicted molar refractivity (Wildman–Crippen MR) is 187 cm³/mol. The molecule has 0 unspecified atom stereocenters. The maximum Gasteiger partial charge on any atom is 0.258 e. The molecule has 0 saturated carbocycles. The highest BCUT2D eigenvalue weighted by atomic mass is 16.5. The van der Waals surface area contributed by atoms with E-state index in [0.29, 0.717) is 41.6 Å². The summed E-state index contributed by atoms with van der Waals surface area (Å²) in [4.78, 5) is 50.9.